The Morgan fingerprint density at radius 2 is 1.68 bits per heavy atom. The van der Waals surface area contributed by atoms with E-state index in [9.17, 15) is 0 Å². The molecule has 0 saturated carbocycles. The van der Waals surface area contributed by atoms with Crippen molar-refractivity contribution in [2.24, 2.45) is 5.92 Å². The lowest BCUT2D eigenvalue weighted by Gasteiger charge is -2.32. The lowest BCUT2D eigenvalue weighted by Crippen LogP contribution is -2.25. The van der Waals surface area contributed by atoms with E-state index in [4.69, 9.17) is 0 Å². The van der Waals surface area contributed by atoms with Crippen LogP contribution in [0.3, 0.4) is 0 Å². The minimum Gasteiger partial charge on any atom is -0.261 e. The van der Waals surface area contributed by atoms with Crippen molar-refractivity contribution in [3.8, 4) is 0 Å². The molecule has 2 aromatic carbocycles. The number of benzene rings is 2. The lowest BCUT2D eigenvalue weighted by atomic mass is 9.71. The molecular weight excluding hydrogens is 374 g/mol. The van der Waals surface area contributed by atoms with Crippen molar-refractivity contribution in [2.45, 2.75) is 51.4 Å². The van der Waals surface area contributed by atoms with E-state index in [1.807, 2.05) is 12.3 Å². The minimum atomic E-state index is 0.183. The van der Waals surface area contributed by atoms with Crippen LogP contribution in [0.25, 0.3) is 5.57 Å². The van der Waals surface area contributed by atoms with Crippen molar-refractivity contribution in [1.29, 1.82) is 0 Å². The molecule has 0 radical (unpaired) electrons. The number of hydrogen-bond donors (Lipinski definition) is 0. The number of allylic oxidation sites excluding steroid dienone is 4. The van der Waals surface area contributed by atoms with Gasteiger partial charge in [-0.1, -0.05) is 91.7 Å². The van der Waals surface area contributed by atoms with Crippen LogP contribution in [-0.4, -0.2) is 4.98 Å². The van der Waals surface area contributed by atoms with Crippen molar-refractivity contribution in [2.75, 3.05) is 0 Å². The Morgan fingerprint density at radius 1 is 0.903 bits per heavy atom. The van der Waals surface area contributed by atoms with Gasteiger partial charge in [-0.2, -0.15) is 0 Å². The molecule has 2 atom stereocenters. The number of fused-ring (bicyclic) bond motifs is 3. The van der Waals surface area contributed by atoms with Crippen LogP contribution in [0.5, 0.6) is 0 Å². The molecule has 2 aliphatic rings. The second-order valence-corrected chi connectivity index (χ2v) is 9.81. The summed E-state index contributed by atoms with van der Waals surface area (Å²) in [5.74, 6) is 1.02. The molecule has 0 aliphatic heterocycles. The average Bonchev–Trinajstić information content (AvgIpc) is 3.02. The van der Waals surface area contributed by atoms with E-state index in [0.717, 1.165) is 19.3 Å². The van der Waals surface area contributed by atoms with Gasteiger partial charge in [0.2, 0.25) is 0 Å². The third-order valence-corrected chi connectivity index (χ3v) is 7.38. The smallest absolute Gasteiger partial charge is 0.0409 e. The zero-order valence-electron chi connectivity index (χ0n) is 18.8. The monoisotopic (exact) mass is 405 g/mol. The quantitative estimate of drug-likeness (QED) is 0.430. The summed E-state index contributed by atoms with van der Waals surface area (Å²) in [5, 5.41) is 0. The van der Waals surface area contributed by atoms with E-state index < -0.39 is 0 Å². The topological polar surface area (TPSA) is 12.9 Å². The maximum Gasteiger partial charge on any atom is 0.0409 e. The third-order valence-electron chi connectivity index (χ3n) is 7.38. The van der Waals surface area contributed by atoms with Gasteiger partial charge in [-0.05, 0) is 77.8 Å². The van der Waals surface area contributed by atoms with Gasteiger partial charge in [0.1, 0.15) is 0 Å². The normalized spacial score (nSPS) is 19.8. The molecule has 0 bridgehead atoms. The highest BCUT2D eigenvalue weighted by Crippen LogP contribution is 2.54. The fraction of sp³-hybridized carbons (Fsp3) is 0.300. The summed E-state index contributed by atoms with van der Waals surface area (Å²) in [6, 6.07) is 24.3. The summed E-state index contributed by atoms with van der Waals surface area (Å²) < 4.78 is 0. The van der Waals surface area contributed by atoms with Crippen molar-refractivity contribution in [3.63, 3.8) is 0 Å². The Morgan fingerprint density at radius 3 is 2.45 bits per heavy atom. The number of aryl methyl sites for hydroxylation is 1. The van der Waals surface area contributed by atoms with Gasteiger partial charge in [0.25, 0.3) is 0 Å². The molecule has 1 nitrogen and oxygen atoms in total. The first-order chi connectivity index (χ1) is 15.0. The molecule has 1 aromatic heterocycles. The summed E-state index contributed by atoms with van der Waals surface area (Å²) in [6.45, 7) is 7.00. The molecule has 2 unspecified atom stereocenters. The van der Waals surface area contributed by atoms with Gasteiger partial charge in [0.15, 0.2) is 0 Å². The molecular formula is C30H31N. The van der Waals surface area contributed by atoms with Gasteiger partial charge in [-0.3, -0.25) is 4.98 Å². The van der Waals surface area contributed by atoms with Crippen LogP contribution in [-0.2, 0) is 11.8 Å². The standard InChI is InChI=1S/C30H31N/c1-21-11-14-23(15-12-21)24(20-25-8-6-7-17-31-25)18-22-13-16-27-26-9-4-5-10-28(26)30(2,3)29(27)19-22/h4-17,24,29H,18-20H2,1-3H3. The Hall–Kier alpha value is -2.93. The van der Waals surface area contributed by atoms with Gasteiger partial charge in [-0.25, -0.2) is 0 Å². The fourth-order valence-electron chi connectivity index (χ4n) is 5.56. The lowest BCUT2D eigenvalue weighted by molar-refractivity contribution is 0.402. The van der Waals surface area contributed by atoms with E-state index in [1.165, 1.54) is 33.5 Å². The zero-order valence-corrected chi connectivity index (χ0v) is 18.8. The van der Waals surface area contributed by atoms with E-state index in [-0.39, 0.29) is 5.41 Å². The van der Waals surface area contributed by atoms with Gasteiger partial charge < -0.3 is 0 Å². The summed E-state index contributed by atoms with van der Waals surface area (Å²) >= 11 is 0. The first-order valence-electron chi connectivity index (χ1n) is 11.5. The molecule has 3 aromatic rings. The number of rotatable bonds is 5. The van der Waals surface area contributed by atoms with Crippen molar-refractivity contribution in [3.05, 3.63) is 119 Å². The van der Waals surface area contributed by atoms with E-state index in [0.29, 0.717) is 11.8 Å². The molecule has 0 fully saturated rings. The maximum atomic E-state index is 4.63. The first kappa shape index (κ1) is 20.0. The molecule has 0 spiro atoms. The first-order valence-corrected chi connectivity index (χ1v) is 11.5. The van der Waals surface area contributed by atoms with Gasteiger partial charge in [0, 0.05) is 11.9 Å². The molecule has 0 N–H and O–H groups in total. The van der Waals surface area contributed by atoms with Gasteiger partial charge >= 0.3 is 0 Å². The number of nitrogens with zero attached hydrogens (tertiary/aromatic N) is 1. The van der Waals surface area contributed by atoms with Crippen molar-refractivity contribution >= 4 is 5.57 Å². The molecule has 31 heavy (non-hydrogen) atoms. The Bertz CT molecular complexity index is 1130. The highest BCUT2D eigenvalue weighted by molar-refractivity contribution is 5.79. The molecule has 2 aliphatic carbocycles. The fourth-order valence-corrected chi connectivity index (χ4v) is 5.56. The van der Waals surface area contributed by atoms with Crippen LogP contribution in [0.1, 0.15) is 60.6 Å². The van der Waals surface area contributed by atoms with Crippen molar-refractivity contribution < 1.29 is 0 Å². The molecule has 1 heterocycles. The van der Waals surface area contributed by atoms with Crippen LogP contribution >= 0.6 is 0 Å². The third kappa shape index (κ3) is 3.78. The number of aromatic nitrogens is 1. The highest BCUT2D eigenvalue weighted by Gasteiger charge is 2.43. The summed E-state index contributed by atoms with van der Waals surface area (Å²) in [6.07, 6.45) is 9.94. The summed E-state index contributed by atoms with van der Waals surface area (Å²) in [5.41, 5.74) is 10.1. The van der Waals surface area contributed by atoms with Crippen molar-refractivity contribution in [1.82, 2.24) is 4.98 Å². The average molecular weight is 406 g/mol. The predicted octanol–water partition coefficient (Wildman–Crippen LogP) is 7.43. The van der Waals surface area contributed by atoms with Crippen LogP contribution in [0.2, 0.25) is 0 Å². The number of pyridine rings is 1. The maximum absolute atomic E-state index is 4.63. The second kappa shape index (κ2) is 7.96. The molecule has 5 rings (SSSR count). The Balaban J connectivity index is 1.44. The highest BCUT2D eigenvalue weighted by atomic mass is 14.7. The van der Waals surface area contributed by atoms with Crippen LogP contribution in [0.4, 0.5) is 0 Å². The van der Waals surface area contributed by atoms with Crippen LogP contribution < -0.4 is 0 Å². The Kier molecular flexibility index (Phi) is 5.14. The second-order valence-electron chi connectivity index (χ2n) is 9.81. The Labute approximate surface area is 186 Å². The predicted molar refractivity (Wildman–Crippen MR) is 130 cm³/mol. The molecule has 0 saturated heterocycles. The zero-order chi connectivity index (χ0) is 21.4. The van der Waals surface area contributed by atoms with Crippen LogP contribution in [0.15, 0.2) is 90.7 Å². The van der Waals surface area contributed by atoms with E-state index in [2.05, 4.69) is 98.6 Å². The van der Waals surface area contributed by atoms with Crippen LogP contribution in [0, 0.1) is 12.8 Å². The van der Waals surface area contributed by atoms with E-state index in [1.54, 1.807) is 5.57 Å². The molecule has 0 amide bonds. The summed E-state index contributed by atoms with van der Waals surface area (Å²) in [7, 11) is 0. The van der Waals surface area contributed by atoms with E-state index >= 15 is 0 Å². The SMILES string of the molecule is Cc1ccc(C(CC2=CC=C3c4ccccc4C(C)(C)C3C2)Cc2ccccn2)cc1. The molecule has 156 valence electrons. The minimum absolute atomic E-state index is 0.183. The van der Waals surface area contributed by atoms with Gasteiger partial charge in [-0.15, -0.1) is 0 Å². The summed E-state index contributed by atoms with van der Waals surface area (Å²) in [4.78, 5) is 4.63. The molecule has 1 heteroatoms. The largest absolute Gasteiger partial charge is 0.261 e. The van der Waals surface area contributed by atoms with Gasteiger partial charge in [0.05, 0.1) is 0 Å². The number of hydrogen-bond acceptors (Lipinski definition) is 1.